The number of hydrogen-bond donors (Lipinski definition) is 0. The van der Waals surface area contributed by atoms with Crippen LogP contribution >= 0.6 is 0 Å². The Morgan fingerprint density at radius 2 is 2.17 bits per heavy atom. The maximum Gasteiger partial charge on any atom is 0.130 e. The highest BCUT2D eigenvalue weighted by molar-refractivity contribution is 5.75. The second-order valence-electron chi connectivity index (χ2n) is 4.68. The molecule has 0 spiro atoms. The first kappa shape index (κ1) is 6.88. The van der Waals surface area contributed by atoms with Gasteiger partial charge in [-0.2, -0.15) is 0 Å². The quantitative estimate of drug-likeness (QED) is 0.568. The Labute approximate surface area is 72.8 Å². The van der Waals surface area contributed by atoms with Crippen molar-refractivity contribution in [3.8, 4) is 0 Å². The lowest BCUT2D eigenvalue weighted by Crippen LogP contribution is -2.12. The monoisotopic (exact) mass is 162 g/mol. The molecule has 0 aromatic rings. The van der Waals surface area contributed by atoms with E-state index < -0.39 is 0 Å². The summed E-state index contributed by atoms with van der Waals surface area (Å²) in [6, 6.07) is 0. The molecule has 0 aromatic heterocycles. The lowest BCUT2D eigenvalue weighted by atomic mass is 9.89. The molecule has 1 heteroatoms. The Morgan fingerprint density at radius 1 is 1.42 bits per heavy atom. The van der Waals surface area contributed by atoms with Crippen molar-refractivity contribution in [3.05, 3.63) is 12.2 Å². The van der Waals surface area contributed by atoms with Gasteiger partial charge in [0.15, 0.2) is 0 Å². The van der Waals surface area contributed by atoms with Crippen molar-refractivity contribution >= 4 is 5.78 Å². The normalized spacial score (nSPS) is 52.6. The second kappa shape index (κ2) is 2.01. The molecule has 1 nitrogen and oxygen atoms in total. The minimum absolute atomic E-state index is 0.373. The van der Waals surface area contributed by atoms with E-state index in [1.165, 1.54) is 6.42 Å². The lowest BCUT2D eigenvalue weighted by molar-refractivity contribution is -0.118. The molecule has 5 atom stereocenters. The van der Waals surface area contributed by atoms with Crippen LogP contribution in [0.4, 0.5) is 0 Å². The maximum absolute atomic E-state index is 11.0. The fraction of sp³-hybridized carbons (Fsp3) is 0.727. The molecule has 2 fully saturated rings. The van der Waals surface area contributed by atoms with Crippen LogP contribution in [0, 0.1) is 29.6 Å². The second-order valence-corrected chi connectivity index (χ2v) is 4.68. The van der Waals surface area contributed by atoms with Crippen LogP contribution in [-0.4, -0.2) is 5.78 Å². The Balaban J connectivity index is 1.76. The molecule has 3 rings (SSSR count). The van der Waals surface area contributed by atoms with Crippen LogP contribution in [0.3, 0.4) is 0 Å². The number of carbonyl (C=O) groups is 1. The van der Waals surface area contributed by atoms with Gasteiger partial charge >= 0.3 is 0 Å². The summed E-state index contributed by atoms with van der Waals surface area (Å²) >= 11 is 0. The van der Waals surface area contributed by atoms with E-state index in [1.54, 1.807) is 6.92 Å². The number of fused-ring (bicyclic) bond motifs is 1. The summed E-state index contributed by atoms with van der Waals surface area (Å²) in [6.07, 6.45) is 6.91. The van der Waals surface area contributed by atoms with E-state index >= 15 is 0 Å². The summed E-state index contributed by atoms with van der Waals surface area (Å²) in [5, 5.41) is 0. The van der Waals surface area contributed by atoms with Gasteiger partial charge in [0.2, 0.25) is 0 Å². The largest absolute Gasteiger partial charge is 0.300 e. The third-order valence-electron chi connectivity index (χ3n) is 3.96. The van der Waals surface area contributed by atoms with Gasteiger partial charge in [0.05, 0.1) is 0 Å². The summed E-state index contributed by atoms with van der Waals surface area (Å²) in [5.74, 6) is 4.73. The molecule has 3 aliphatic carbocycles. The number of ketones is 1. The van der Waals surface area contributed by atoms with Gasteiger partial charge in [-0.1, -0.05) is 12.2 Å². The van der Waals surface area contributed by atoms with Crippen molar-refractivity contribution in [2.45, 2.75) is 19.8 Å². The molecule has 0 radical (unpaired) electrons. The summed E-state index contributed by atoms with van der Waals surface area (Å²) in [5.41, 5.74) is 0. The van der Waals surface area contributed by atoms with E-state index in [1.807, 2.05) is 0 Å². The minimum Gasteiger partial charge on any atom is -0.300 e. The zero-order chi connectivity index (χ0) is 8.29. The van der Waals surface area contributed by atoms with Gasteiger partial charge in [-0.05, 0) is 42.9 Å². The van der Waals surface area contributed by atoms with Crippen LogP contribution in [-0.2, 0) is 4.79 Å². The van der Waals surface area contributed by atoms with Crippen molar-refractivity contribution in [2.75, 3.05) is 0 Å². The predicted octanol–water partition coefficient (Wildman–Crippen LogP) is 2.03. The smallest absolute Gasteiger partial charge is 0.130 e. The van der Waals surface area contributed by atoms with Crippen LogP contribution < -0.4 is 0 Å². The Morgan fingerprint density at radius 3 is 2.83 bits per heavy atom. The van der Waals surface area contributed by atoms with E-state index in [0.29, 0.717) is 11.7 Å². The van der Waals surface area contributed by atoms with E-state index in [0.717, 1.165) is 30.1 Å². The highest BCUT2D eigenvalue weighted by atomic mass is 16.1. The number of rotatable bonds is 2. The zero-order valence-corrected chi connectivity index (χ0v) is 7.36. The van der Waals surface area contributed by atoms with Crippen molar-refractivity contribution in [2.24, 2.45) is 29.6 Å². The van der Waals surface area contributed by atoms with E-state index in [2.05, 4.69) is 12.2 Å². The average Bonchev–Trinajstić information content (AvgIpc) is 2.40. The SMILES string of the molecule is CC(=O)CC1C[C@H]2C3C1C=C[C@H]32. The first-order chi connectivity index (χ1) is 5.77. The minimum atomic E-state index is 0.373. The molecule has 2 saturated carbocycles. The molecule has 0 aromatic carbocycles. The molecule has 12 heavy (non-hydrogen) atoms. The Kier molecular flexibility index (Phi) is 1.15. The summed E-state index contributed by atoms with van der Waals surface area (Å²) in [4.78, 5) is 11.0. The standard InChI is InChI=1S/C11H14O/c1-6(12)4-7-5-10-9-3-2-8(7)11(9)10/h2-3,7-11H,4-5H2,1H3/t7?,8?,9-,10+,11?/m0/s1. The van der Waals surface area contributed by atoms with Gasteiger partial charge in [0.1, 0.15) is 5.78 Å². The molecule has 0 heterocycles. The van der Waals surface area contributed by atoms with Crippen LogP contribution in [0.25, 0.3) is 0 Å². The van der Waals surface area contributed by atoms with Crippen molar-refractivity contribution in [3.63, 3.8) is 0 Å². The number of hydrogen-bond acceptors (Lipinski definition) is 1. The summed E-state index contributed by atoms with van der Waals surface area (Å²) < 4.78 is 0. The lowest BCUT2D eigenvalue weighted by Gasteiger charge is -2.15. The Hall–Kier alpha value is -0.590. The van der Waals surface area contributed by atoms with Gasteiger partial charge in [0.25, 0.3) is 0 Å². The molecule has 0 amide bonds. The van der Waals surface area contributed by atoms with Crippen molar-refractivity contribution in [1.29, 1.82) is 0 Å². The molecule has 64 valence electrons. The van der Waals surface area contributed by atoms with E-state index in [-0.39, 0.29) is 0 Å². The molecular formula is C11H14O. The third kappa shape index (κ3) is 0.720. The van der Waals surface area contributed by atoms with Gasteiger partial charge in [-0.3, -0.25) is 0 Å². The molecule has 3 aliphatic rings. The molecule has 0 saturated heterocycles. The Bertz CT molecular complexity index is 266. The number of carbonyl (C=O) groups excluding carboxylic acids is 1. The first-order valence-corrected chi connectivity index (χ1v) is 4.95. The van der Waals surface area contributed by atoms with Gasteiger partial charge in [-0.25, -0.2) is 0 Å². The fourth-order valence-electron chi connectivity index (χ4n) is 3.51. The summed E-state index contributed by atoms with van der Waals surface area (Å²) in [7, 11) is 0. The zero-order valence-electron chi connectivity index (χ0n) is 7.36. The van der Waals surface area contributed by atoms with Gasteiger partial charge < -0.3 is 4.79 Å². The van der Waals surface area contributed by atoms with E-state index in [9.17, 15) is 4.79 Å². The highest BCUT2D eigenvalue weighted by Crippen LogP contribution is 2.67. The molecule has 3 unspecified atom stereocenters. The number of Topliss-reactive ketones (excluding diaryl/α,β-unsaturated/α-hetero) is 1. The van der Waals surface area contributed by atoms with Gasteiger partial charge in [0, 0.05) is 6.42 Å². The average molecular weight is 162 g/mol. The van der Waals surface area contributed by atoms with Crippen LogP contribution in [0.5, 0.6) is 0 Å². The van der Waals surface area contributed by atoms with E-state index in [4.69, 9.17) is 0 Å². The topological polar surface area (TPSA) is 17.1 Å². The summed E-state index contributed by atoms with van der Waals surface area (Å²) in [6.45, 7) is 1.72. The maximum atomic E-state index is 11.0. The molecule has 0 aliphatic heterocycles. The van der Waals surface area contributed by atoms with Gasteiger partial charge in [-0.15, -0.1) is 0 Å². The van der Waals surface area contributed by atoms with Crippen molar-refractivity contribution in [1.82, 2.24) is 0 Å². The fourth-order valence-corrected chi connectivity index (χ4v) is 3.51. The highest BCUT2D eigenvalue weighted by Gasteiger charge is 2.62. The molecule has 0 bridgehead atoms. The molecule has 0 N–H and O–H groups in total. The van der Waals surface area contributed by atoms with Crippen LogP contribution in [0.15, 0.2) is 12.2 Å². The van der Waals surface area contributed by atoms with Crippen molar-refractivity contribution < 1.29 is 4.79 Å². The first-order valence-electron chi connectivity index (χ1n) is 4.95. The predicted molar refractivity (Wildman–Crippen MR) is 46.5 cm³/mol. The third-order valence-corrected chi connectivity index (χ3v) is 3.96. The number of allylic oxidation sites excluding steroid dienone is 2. The van der Waals surface area contributed by atoms with Crippen LogP contribution in [0.1, 0.15) is 19.8 Å². The molecular weight excluding hydrogens is 148 g/mol. The van der Waals surface area contributed by atoms with Crippen LogP contribution in [0.2, 0.25) is 0 Å².